The van der Waals surface area contributed by atoms with Crippen molar-refractivity contribution in [2.24, 2.45) is 0 Å². The number of nitrogens with one attached hydrogen (secondary N) is 1. The second-order valence-corrected chi connectivity index (χ2v) is 4.11. The zero-order valence-electron chi connectivity index (χ0n) is 10.7. The molecule has 0 saturated carbocycles. The van der Waals surface area contributed by atoms with E-state index in [0.29, 0.717) is 12.3 Å². The maximum atomic E-state index is 11.4. The van der Waals surface area contributed by atoms with Crippen LogP contribution in [0.3, 0.4) is 0 Å². The van der Waals surface area contributed by atoms with Crippen molar-refractivity contribution in [1.82, 2.24) is 5.32 Å². The van der Waals surface area contributed by atoms with Gasteiger partial charge in [0.1, 0.15) is 5.75 Å². The monoisotopic (exact) mass is 236 g/mol. The predicted molar refractivity (Wildman–Crippen MR) is 69.1 cm³/mol. The Morgan fingerprint density at radius 1 is 1.35 bits per heavy atom. The lowest BCUT2D eigenvalue weighted by Gasteiger charge is -2.11. The third-order valence-electron chi connectivity index (χ3n) is 2.49. The molecule has 0 fully saturated rings. The normalized spacial score (nSPS) is 10.1. The summed E-state index contributed by atoms with van der Waals surface area (Å²) in [6, 6.07) is 3.71. The molecule has 0 unspecified atom stereocenters. The van der Waals surface area contributed by atoms with E-state index in [1.54, 1.807) is 0 Å². The Morgan fingerprint density at radius 2 is 2.06 bits per heavy atom. The van der Waals surface area contributed by atoms with Gasteiger partial charge in [0.25, 0.3) is 5.91 Å². The van der Waals surface area contributed by atoms with Gasteiger partial charge in [0.15, 0.2) is 6.61 Å². The molecule has 17 heavy (non-hydrogen) atoms. The van der Waals surface area contributed by atoms with Crippen molar-refractivity contribution in [3.8, 4) is 5.75 Å². The number of hydrogen-bond donors (Lipinski definition) is 2. The maximum Gasteiger partial charge on any atom is 0.257 e. The van der Waals surface area contributed by atoms with Gasteiger partial charge in [0, 0.05) is 12.2 Å². The molecular weight excluding hydrogens is 216 g/mol. The van der Waals surface area contributed by atoms with Gasteiger partial charge in [-0.3, -0.25) is 4.79 Å². The fraction of sp³-hybridized carbons (Fsp3) is 0.462. The van der Waals surface area contributed by atoms with Gasteiger partial charge in [-0.25, -0.2) is 0 Å². The molecule has 0 aliphatic carbocycles. The highest BCUT2D eigenvalue weighted by Crippen LogP contribution is 2.23. The average molecular weight is 236 g/mol. The van der Waals surface area contributed by atoms with E-state index >= 15 is 0 Å². The van der Waals surface area contributed by atoms with E-state index in [1.807, 2.05) is 32.9 Å². The van der Waals surface area contributed by atoms with Crippen molar-refractivity contribution < 1.29 is 9.53 Å². The van der Waals surface area contributed by atoms with Gasteiger partial charge in [-0.15, -0.1) is 0 Å². The Hall–Kier alpha value is -1.71. The van der Waals surface area contributed by atoms with Gasteiger partial charge in [-0.2, -0.15) is 0 Å². The Morgan fingerprint density at radius 3 is 2.71 bits per heavy atom. The highest BCUT2D eigenvalue weighted by Gasteiger charge is 2.06. The highest BCUT2D eigenvalue weighted by molar-refractivity contribution is 5.77. The van der Waals surface area contributed by atoms with Crippen molar-refractivity contribution in [3.05, 3.63) is 23.3 Å². The van der Waals surface area contributed by atoms with Crippen LogP contribution in [0.1, 0.15) is 24.5 Å². The van der Waals surface area contributed by atoms with E-state index in [1.165, 1.54) is 0 Å². The molecule has 0 heterocycles. The number of aryl methyl sites for hydroxylation is 2. The lowest BCUT2D eigenvalue weighted by Crippen LogP contribution is -2.29. The zero-order valence-corrected chi connectivity index (χ0v) is 10.7. The number of amides is 1. The molecule has 94 valence electrons. The standard InChI is InChI=1S/C13H20N2O2/c1-4-5-15-13(16)8-17-12-7-9(2)11(14)6-10(12)3/h6-7H,4-5,8,14H2,1-3H3,(H,15,16). The van der Waals surface area contributed by atoms with Gasteiger partial charge in [-0.1, -0.05) is 6.92 Å². The molecule has 1 aromatic carbocycles. The molecule has 3 N–H and O–H groups in total. The number of benzene rings is 1. The third-order valence-corrected chi connectivity index (χ3v) is 2.49. The molecule has 0 aromatic heterocycles. The summed E-state index contributed by atoms with van der Waals surface area (Å²) in [5.41, 5.74) is 8.42. The summed E-state index contributed by atoms with van der Waals surface area (Å²) in [7, 11) is 0. The molecule has 4 heteroatoms. The number of nitrogens with two attached hydrogens (primary N) is 1. The fourth-order valence-corrected chi connectivity index (χ4v) is 1.43. The summed E-state index contributed by atoms with van der Waals surface area (Å²) in [6.07, 6.45) is 0.922. The van der Waals surface area contributed by atoms with Crippen LogP contribution in [-0.4, -0.2) is 19.1 Å². The van der Waals surface area contributed by atoms with Crippen LogP contribution in [0.4, 0.5) is 5.69 Å². The van der Waals surface area contributed by atoms with Crippen molar-refractivity contribution >= 4 is 11.6 Å². The Kier molecular flexibility index (Phi) is 4.82. The Labute approximate surface area is 102 Å². The number of carbonyl (C=O) groups is 1. The minimum atomic E-state index is -0.0965. The summed E-state index contributed by atoms with van der Waals surface area (Å²) in [5, 5.41) is 2.76. The lowest BCUT2D eigenvalue weighted by atomic mass is 10.1. The molecule has 0 spiro atoms. The van der Waals surface area contributed by atoms with Crippen molar-refractivity contribution in [2.75, 3.05) is 18.9 Å². The van der Waals surface area contributed by atoms with Crippen LogP contribution >= 0.6 is 0 Å². The van der Waals surface area contributed by atoms with Gasteiger partial charge in [0.05, 0.1) is 0 Å². The van der Waals surface area contributed by atoms with Crippen LogP contribution in [-0.2, 0) is 4.79 Å². The molecule has 1 aromatic rings. The van der Waals surface area contributed by atoms with E-state index in [9.17, 15) is 4.79 Å². The van der Waals surface area contributed by atoms with Gasteiger partial charge in [0.2, 0.25) is 0 Å². The molecule has 0 aliphatic heterocycles. The second-order valence-electron chi connectivity index (χ2n) is 4.11. The first kappa shape index (κ1) is 13.4. The molecule has 1 amide bonds. The molecule has 0 saturated heterocycles. The largest absolute Gasteiger partial charge is 0.483 e. The first-order chi connectivity index (χ1) is 8.04. The Bertz CT molecular complexity index is 403. The van der Waals surface area contributed by atoms with E-state index in [0.717, 1.165) is 23.2 Å². The minimum absolute atomic E-state index is 0.0458. The molecule has 0 aliphatic rings. The van der Waals surface area contributed by atoms with Crippen LogP contribution < -0.4 is 15.8 Å². The summed E-state index contributed by atoms with van der Waals surface area (Å²) >= 11 is 0. The average Bonchev–Trinajstić information content (AvgIpc) is 2.29. The van der Waals surface area contributed by atoms with Crippen LogP contribution in [0, 0.1) is 13.8 Å². The fourth-order valence-electron chi connectivity index (χ4n) is 1.43. The smallest absolute Gasteiger partial charge is 0.257 e. The molecule has 1 rings (SSSR count). The van der Waals surface area contributed by atoms with E-state index in [4.69, 9.17) is 10.5 Å². The molecular formula is C13H20N2O2. The number of anilines is 1. The molecule has 0 bridgehead atoms. The number of rotatable bonds is 5. The zero-order chi connectivity index (χ0) is 12.8. The maximum absolute atomic E-state index is 11.4. The third kappa shape index (κ3) is 3.98. The summed E-state index contributed by atoms with van der Waals surface area (Å²) in [5.74, 6) is 0.615. The second kappa shape index (κ2) is 6.13. The van der Waals surface area contributed by atoms with E-state index in [2.05, 4.69) is 5.32 Å². The summed E-state index contributed by atoms with van der Waals surface area (Å²) in [6.45, 7) is 6.56. The van der Waals surface area contributed by atoms with Gasteiger partial charge < -0.3 is 15.8 Å². The first-order valence-corrected chi connectivity index (χ1v) is 5.80. The van der Waals surface area contributed by atoms with Gasteiger partial charge in [-0.05, 0) is 43.5 Å². The lowest BCUT2D eigenvalue weighted by molar-refractivity contribution is -0.123. The topological polar surface area (TPSA) is 64.3 Å². The number of carbonyl (C=O) groups excluding carboxylic acids is 1. The van der Waals surface area contributed by atoms with Crippen LogP contribution in [0.15, 0.2) is 12.1 Å². The van der Waals surface area contributed by atoms with Gasteiger partial charge >= 0.3 is 0 Å². The Balaban J connectivity index is 2.57. The van der Waals surface area contributed by atoms with Crippen LogP contribution in [0.5, 0.6) is 5.75 Å². The first-order valence-electron chi connectivity index (χ1n) is 5.80. The highest BCUT2D eigenvalue weighted by atomic mass is 16.5. The minimum Gasteiger partial charge on any atom is -0.483 e. The SMILES string of the molecule is CCCNC(=O)COc1cc(C)c(N)cc1C. The van der Waals surface area contributed by atoms with Crippen molar-refractivity contribution in [3.63, 3.8) is 0 Å². The molecule has 0 atom stereocenters. The quantitative estimate of drug-likeness (QED) is 0.766. The van der Waals surface area contributed by atoms with Crippen molar-refractivity contribution in [1.29, 1.82) is 0 Å². The van der Waals surface area contributed by atoms with Crippen molar-refractivity contribution in [2.45, 2.75) is 27.2 Å². The summed E-state index contributed by atoms with van der Waals surface area (Å²) < 4.78 is 5.46. The van der Waals surface area contributed by atoms with Crippen LogP contribution in [0.2, 0.25) is 0 Å². The molecule has 4 nitrogen and oxygen atoms in total. The summed E-state index contributed by atoms with van der Waals surface area (Å²) in [4.78, 5) is 11.4. The number of hydrogen-bond acceptors (Lipinski definition) is 3. The van der Waals surface area contributed by atoms with E-state index < -0.39 is 0 Å². The number of nitrogen functional groups attached to an aromatic ring is 1. The predicted octanol–water partition coefficient (Wildman–Crippen LogP) is 1.79. The number of ether oxygens (including phenoxy) is 1. The molecule has 0 radical (unpaired) electrons. The van der Waals surface area contributed by atoms with E-state index in [-0.39, 0.29) is 12.5 Å². The van der Waals surface area contributed by atoms with Crippen LogP contribution in [0.25, 0.3) is 0 Å².